The van der Waals surface area contributed by atoms with Gasteiger partial charge in [-0.1, -0.05) is 19.9 Å². The minimum atomic E-state index is -0.255. The number of hydrogen-bond acceptors (Lipinski definition) is 4. The van der Waals surface area contributed by atoms with Crippen LogP contribution in [-0.2, 0) is 23.2 Å². The summed E-state index contributed by atoms with van der Waals surface area (Å²) in [5.41, 5.74) is 1.47. The Bertz CT molecular complexity index is 755. The van der Waals surface area contributed by atoms with E-state index in [0.29, 0.717) is 24.7 Å². The van der Waals surface area contributed by atoms with Crippen molar-refractivity contribution >= 4 is 17.5 Å². The van der Waals surface area contributed by atoms with Gasteiger partial charge in [0.15, 0.2) is 0 Å². The monoisotopic (exact) mass is 358 g/mol. The Morgan fingerprint density at radius 3 is 2.69 bits per heavy atom. The van der Waals surface area contributed by atoms with E-state index in [1.807, 2.05) is 13.2 Å². The number of hydrogen-bond donors (Lipinski definition) is 2. The number of aromatic nitrogens is 2. The van der Waals surface area contributed by atoms with E-state index in [4.69, 9.17) is 0 Å². The van der Waals surface area contributed by atoms with Crippen molar-refractivity contribution in [3.05, 3.63) is 42.2 Å². The van der Waals surface area contributed by atoms with Crippen LogP contribution in [0.2, 0.25) is 0 Å². The minimum absolute atomic E-state index is 0.0615. The van der Waals surface area contributed by atoms with Gasteiger partial charge in [-0.15, -0.1) is 0 Å². The first-order chi connectivity index (χ1) is 12.3. The van der Waals surface area contributed by atoms with Crippen LogP contribution in [0.15, 0.2) is 36.7 Å². The number of phenols is 1. The van der Waals surface area contributed by atoms with E-state index in [1.54, 1.807) is 27.9 Å². The van der Waals surface area contributed by atoms with Gasteiger partial charge >= 0.3 is 0 Å². The lowest BCUT2D eigenvalue weighted by atomic mass is 10.1. The van der Waals surface area contributed by atoms with Gasteiger partial charge in [0, 0.05) is 56.5 Å². The van der Waals surface area contributed by atoms with Gasteiger partial charge in [0.25, 0.3) is 0 Å². The third-order valence-corrected chi connectivity index (χ3v) is 3.77. The van der Waals surface area contributed by atoms with Crippen molar-refractivity contribution < 1.29 is 14.7 Å². The fourth-order valence-electron chi connectivity index (χ4n) is 2.65. The van der Waals surface area contributed by atoms with Crippen LogP contribution in [-0.4, -0.2) is 38.1 Å². The van der Waals surface area contributed by atoms with Gasteiger partial charge in [0.05, 0.1) is 6.20 Å². The summed E-state index contributed by atoms with van der Waals surface area (Å²) in [6, 6.07) is 6.33. The summed E-state index contributed by atoms with van der Waals surface area (Å²) in [6.07, 6.45) is 3.86. The molecule has 1 aromatic carbocycles. The maximum atomic E-state index is 12.6. The molecule has 0 radical (unpaired) electrons. The summed E-state index contributed by atoms with van der Waals surface area (Å²) in [4.78, 5) is 26.4. The lowest BCUT2D eigenvalue weighted by Crippen LogP contribution is -2.34. The fourth-order valence-corrected chi connectivity index (χ4v) is 2.65. The summed E-state index contributed by atoms with van der Waals surface area (Å²) < 4.78 is 1.70. The molecule has 0 unspecified atom stereocenters. The van der Waals surface area contributed by atoms with Crippen LogP contribution in [0.5, 0.6) is 5.75 Å². The third-order valence-electron chi connectivity index (χ3n) is 3.77. The second-order valence-corrected chi connectivity index (χ2v) is 6.79. The summed E-state index contributed by atoms with van der Waals surface area (Å²) in [6.45, 7) is 5.22. The number of anilines is 1. The molecule has 26 heavy (non-hydrogen) atoms. The predicted molar refractivity (Wildman–Crippen MR) is 99.4 cm³/mol. The average Bonchev–Trinajstić information content (AvgIpc) is 2.96. The largest absolute Gasteiger partial charge is 0.508 e. The third kappa shape index (κ3) is 6.23. The summed E-state index contributed by atoms with van der Waals surface area (Å²) in [5.74, 6) is 0.0960. The molecule has 1 aromatic heterocycles. The first-order valence-electron chi connectivity index (χ1n) is 8.67. The predicted octanol–water partition coefficient (Wildman–Crippen LogP) is 2.53. The molecule has 0 atom stereocenters. The molecule has 140 valence electrons. The van der Waals surface area contributed by atoms with Crippen LogP contribution in [0, 0.1) is 5.92 Å². The molecule has 1 heterocycles. The zero-order valence-electron chi connectivity index (χ0n) is 15.5. The van der Waals surface area contributed by atoms with E-state index in [2.05, 4.69) is 24.3 Å². The smallest absolute Gasteiger partial charge is 0.224 e. The number of nitrogens with one attached hydrogen (secondary N) is 1. The second kappa shape index (κ2) is 9.03. The number of phenolic OH excluding ortho intramolecular Hbond substituents is 1. The van der Waals surface area contributed by atoms with Crippen molar-refractivity contribution in [1.29, 1.82) is 0 Å². The lowest BCUT2D eigenvalue weighted by Gasteiger charge is -2.24. The van der Waals surface area contributed by atoms with Gasteiger partial charge < -0.3 is 15.3 Å². The van der Waals surface area contributed by atoms with Crippen LogP contribution in [0.4, 0.5) is 5.69 Å². The molecule has 0 bridgehead atoms. The molecule has 0 aliphatic rings. The SMILES string of the molecule is CC(C)CN(Cc1cnn(C)c1)C(=O)CCC(=O)Nc1cccc(O)c1. The van der Waals surface area contributed by atoms with E-state index in [-0.39, 0.29) is 30.4 Å². The first-order valence-corrected chi connectivity index (χ1v) is 8.67. The Morgan fingerprint density at radius 2 is 2.08 bits per heavy atom. The zero-order valence-corrected chi connectivity index (χ0v) is 15.5. The number of amides is 2. The van der Waals surface area contributed by atoms with Crippen LogP contribution in [0.3, 0.4) is 0 Å². The number of carbonyl (C=O) groups is 2. The molecule has 0 saturated heterocycles. The molecule has 2 rings (SSSR count). The van der Waals surface area contributed by atoms with Crippen molar-refractivity contribution in [3.8, 4) is 5.75 Å². The molecule has 0 fully saturated rings. The van der Waals surface area contributed by atoms with Gasteiger partial charge in [-0.25, -0.2) is 0 Å². The van der Waals surface area contributed by atoms with E-state index >= 15 is 0 Å². The molecule has 7 nitrogen and oxygen atoms in total. The molecule has 0 saturated carbocycles. The van der Waals surface area contributed by atoms with Crippen LogP contribution in [0.25, 0.3) is 0 Å². The molecule has 7 heteroatoms. The number of aromatic hydroxyl groups is 1. The Labute approximate surface area is 153 Å². The highest BCUT2D eigenvalue weighted by molar-refractivity contribution is 5.93. The van der Waals surface area contributed by atoms with Crippen LogP contribution in [0.1, 0.15) is 32.3 Å². The maximum absolute atomic E-state index is 12.6. The number of aryl methyl sites for hydroxylation is 1. The summed E-state index contributed by atoms with van der Waals surface area (Å²) in [5, 5.41) is 16.2. The van der Waals surface area contributed by atoms with E-state index in [9.17, 15) is 14.7 Å². The number of nitrogens with zero attached hydrogens (tertiary/aromatic N) is 3. The van der Waals surface area contributed by atoms with E-state index in [1.165, 1.54) is 12.1 Å². The molecule has 0 aliphatic carbocycles. The topological polar surface area (TPSA) is 87.5 Å². The Balaban J connectivity index is 1.90. The van der Waals surface area contributed by atoms with Crippen molar-refractivity contribution in [1.82, 2.24) is 14.7 Å². The Kier molecular flexibility index (Phi) is 6.77. The molecule has 0 aliphatic heterocycles. The van der Waals surface area contributed by atoms with E-state index in [0.717, 1.165) is 5.56 Å². The maximum Gasteiger partial charge on any atom is 0.224 e. The molecular formula is C19H26N4O3. The molecule has 2 amide bonds. The standard InChI is InChI=1S/C19H26N4O3/c1-14(2)11-23(13-15-10-20-22(3)12-15)19(26)8-7-18(25)21-16-5-4-6-17(24)9-16/h4-6,9-10,12,14,24H,7-8,11,13H2,1-3H3,(H,21,25). The fraction of sp³-hybridized carbons (Fsp3) is 0.421. The number of rotatable bonds is 8. The molecular weight excluding hydrogens is 332 g/mol. The zero-order chi connectivity index (χ0) is 19.1. The van der Waals surface area contributed by atoms with Crippen LogP contribution >= 0.6 is 0 Å². The lowest BCUT2D eigenvalue weighted by molar-refractivity contribution is -0.133. The number of benzene rings is 1. The van der Waals surface area contributed by atoms with Crippen LogP contribution < -0.4 is 5.32 Å². The van der Waals surface area contributed by atoms with Gasteiger partial charge in [-0.05, 0) is 18.1 Å². The normalized spacial score (nSPS) is 10.8. The highest BCUT2D eigenvalue weighted by Crippen LogP contribution is 2.16. The molecule has 2 aromatic rings. The van der Waals surface area contributed by atoms with Crippen molar-refractivity contribution in [3.63, 3.8) is 0 Å². The average molecular weight is 358 g/mol. The molecule has 0 spiro atoms. The summed E-state index contributed by atoms with van der Waals surface area (Å²) in [7, 11) is 1.84. The van der Waals surface area contributed by atoms with Gasteiger partial charge in [0.2, 0.25) is 11.8 Å². The van der Waals surface area contributed by atoms with Crippen molar-refractivity contribution in [2.45, 2.75) is 33.2 Å². The van der Waals surface area contributed by atoms with Gasteiger partial charge in [0.1, 0.15) is 5.75 Å². The Morgan fingerprint density at radius 1 is 1.31 bits per heavy atom. The second-order valence-electron chi connectivity index (χ2n) is 6.79. The first kappa shape index (κ1) is 19.5. The number of carbonyl (C=O) groups excluding carboxylic acids is 2. The highest BCUT2D eigenvalue weighted by Gasteiger charge is 2.17. The van der Waals surface area contributed by atoms with Gasteiger partial charge in [-0.3, -0.25) is 14.3 Å². The van der Waals surface area contributed by atoms with E-state index < -0.39 is 0 Å². The van der Waals surface area contributed by atoms with Crippen molar-refractivity contribution in [2.75, 3.05) is 11.9 Å². The Hall–Kier alpha value is -2.83. The highest BCUT2D eigenvalue weighted by atomic mass is 16.3. The van der Waals surface area contributed by atoms with Gasteiger partial charge in [-0.2, -0.15) is 5.10 Å². The minimum Gasteiger partial charge on any atom is -0.508 e. The molecule has 2 N–H and O–H groups in total. The summed E-state index contributed by atoms with van der Waals surface area (Å²) >= 11 is 0. The van der Waals surface area contributed by atoms with Crippen molar-refractivity contribution in [2.24, 2.45) is 13.0 Å². The quantitative estimate of drug-likeness (QED) is 0.759.